The monoisotopic (exact) mass is 691 g/mol. The summed E-state index contributed by atoms with van der Waals surface area (Å²) in [5, 5.41) is 45.3. The first-order chi connectivity index (χ1) is 23.1. The predicted octanol–water partition coefficient (Wildman–Crippen LogP) is 0.410. The van der Waals surface area contributed by atoms with E-state index in [1.165, 1.54) is 18.2 Å². The summed E-state index contributed by atoms with van der Waals surface area (Å²) in [6.07, 6.45) is -4.16. The van der Waals surface area contributed by atoms with E-state index in [1.807, 2.05) is 0 Å². The number of nitrogens with one attached hydrogen (secondary N) is 2. The lowest BCUT2D eigenvalue weighted by Gasteiger charge is -2.38. The Morgan fingerprint density at radius 2 is 1.59 bits per heavy atom. The second-order valence-electron chi connectivity index (χ2n) is 12.8. The smallest absolute Gasteiger partial charge is 0.335 e. The zero-order valence-electron chi connectivity index (χ0n) is 27.8. The maximum atomic E-state index is 12.9. The molecule has 0 saturated carbocycles. The number of carboxylic acid groups (broad SMARTS) is 1. The van der Waals surface area contributed by atoms with Crippen LogP contribution in [0.25, 0.3) is 0 Å². The van der Waals surface area contributed by atoms with Gasteiger partial charge in [0.1, 0.15) is 24.1 Å². The summed E-state index contributed by atoms with van der Waals surface area (Å²) in [6.45, 7) is 5.67. The average Bonchev–Trinajstić information content (AvgIpc) is 3.35. The molecule has 0 aliphatic carbocycles. The third kappa shape index (κ3) is 11.6. The molecule has 0 unspecified atom stereocenters. The van der Waals surface area contributed by atoms with Gasteiger partial charge in [-0.15, -0.1) is 0 Å². The Balaban J connectivity index is 1.56. The molecular formula is C33H45N3O13. The molecule has 49 heavy (non-hydrogen) atoms. The van der Waals surface area contributed by atoms with Crippen LogP contribution in [0.4, 0.5) is 5.69 Å². The van der Waals surface area contributed by atoms with Gasteiger partial charge < -0.3 is 45.3 Å². The fourth-order valence-electron chi connectivity index (χ4n) is 4.87. The Morgan fingerprint density at radius 1 is 0.898 bits per heavy atom. The number of imide groups is 1. The first-order valence-corrected chi connectivity index (χ1v) is 16.1. The van der Waals surface area contributed by atoms with Crippen molar-refractivity contribution in [2.45, 2.75) is 96.4 Å². The number of aliphatic hydroxyl groups excluding tert-OH is 3. The highest BCUT2D eigenvalue weighted by Crippen LogP contribution is 2.31. The number of anilines is 1. The van der Waals surface area contributed by atoms with Crippen molar-refractivity contribution in [2.75, 3.05) is 25.0 Å². The number of ether oxygens (including phenoxy) is 3. The van der Waals surface area contributed by atoms with Crippen molar-refractivity contribution in [3.8, 4) is 5.75 Å². The molecule has 270 valence electrons. The van der Waals surface area contributed by atoms with Crippen LogP contribution in [0.2, 0.25) is 0 Å². The second-order valence-corrected chi connectivity index (χ2v) is 12.8. The third-order valence-corrected chi connectivity index (χ3v) is 7.69. The molecule has 1 saturated heterocycles. The number of benzene rings is 1. The van der Waals surface area contributed by atoms with Gasteiger partial charge in [0.15, 0.2) is 6.10 Å². The minimum atomic E-state index is -1.92. The van der Waals surface area contributed by atoms with Gasteiger partial charge in [-0.05, 0) is 64.2 Å². The number of esters is 1. The van der Waals surface area contributed by atoms with Gasteiger partial charge in [0.05, 0.1) is 17.7 Å². The SMILES string of the molecule is CC(C)(C)C(=O)OCCCc1ccc(O[C@@H]2O[C@H](C(=O)O)[C@@H](O)[C@H](O)[C@H]2O)c(NC(=O)CCNC(=O)CCCCCN2C(=O)C=CC2=O)c1. The summed E-state index contributed by atoms with van der Waals surface area (Å²) in [6, 6.07) is 4.67. The molecule has 16 nitrogen and oxygen atoms in total. The van der Waals surface area contributed by atoms with E-state index < -0.39 is 48.0 Å². The Bertz CT molecular complexity index is 1390. The molecule has 2 aliphatic rings. The van der Waals surface area contributed by atoms with E-state index >= 15 is 0 Å². The summed E-state index contributed by atoms with van der Waals surface area (Å²) >= 11 is 0. The Morgan fingerprint density at radius 3 is 2.24 bits per heavy atom. The van der Waals surface area contributed by atoms with Crippen LogP contribution < -0.4 is 15.4 Å². The van der Waals surface area contributed by atoms with Crippen LogP contribution in [0.5, 0.6) is 5.75 Å². The number of carbonyl (C=O) groups excluding carboxylic acids is 5. The third-order valence-electron chi connectivity index (χ3n) is 7.69. The summed E-state index contributed by atoms with van der Waals surface area (Å²) in [5.74, 6) is -3.47. The van der Waals surface area contributed by atoms with E-state index in [1.54, 1.807) is 32.9 Å². The molecule has 6 N–H and O–H groups in total. The van der Waals surface area contributed by atoms with Crippen molar-refractivity contribution < 1.29 is 63.4 Å². The normalized spacial score (nSPS) is 22.2. The van der Waals surface area contributed by atoms with Crippen LogP contribution in [0.1, 0.15) is 64.9 Å². The second kappa shape index (κ2) is 17.9. The fourth-order valence-corrected chi connectivity index (χ4v) is 4.87. The predicted molar refractivity (Wildman–Crippen MR) is 171 cm³/mol. The summed E-state index contributed by atoms with van der Waals surface area (Å²) in [7, 11) is 0. The van der Waals surface area contributed by atoms with Gasteiger partial charge in [-0.3, -0.25) is 28.9 Å². The zero-order chi connectivity index (χ0) is 36.3. The van der Waals surface area contributed by atoms with Crippen LogP contribution in [0.15, 0.2) is 30.4 Å². The zero-order valence-corrected chi connectivity index (χ0v) is 27.8. The highest BCUT2D eigenvalue weighted by molar-refractivity contribution is 6.12. The van der Waals surface area contributed by atoms with Crippen molar-refractivity contribution in [3.05, 3.63) is 35.9 Å². The molecule has 0 spiro atoms. The molecule has 3 rings (SSSR count). The van der Waals surface area contributed by atoms with Gasteiger partial charge in [-0.2, -0.15) is 0 Å². The topological polar surface area (TPSA) is 238 Å². The molecule has 16 heteroatoms. The van der Waals surface area contributed by atoms with E-state index in [2.05, 4.69) is 10.6 Å². The number of amides is 4. The van der Waals surface area contributed by atoms with E-state index in [0.717, 1.165) is 4.90 Å². The molecular weight excluding hydrogens is 646 g/mol. The first-order valence-electron chi connectivity index (χ1n) is 16.1. The lowest BCUT2D eigenvalue weighted by molar-refractivity contribution is -0.271. The van der Waals surface area contributed by atoms with Gasteiger partial charge in [0.25, 0.3) is 11.8 Å². The highest BCUT2D eigenvalue weighted by atomic mass is 16.7. The van der Waals surface area contributed by atoms with Crippen molar-refractivity contribution in [1.82, 2.24) is 10.2 Å². The van der Waals surface area contributed by atoms with Crippen LogP contribution in [0, 0.1) is 5.41 Å². The Labute approximate surface area is 283 Å². The molecule has 0 aromatic heterocycles. The van der Waals surface area contributed by atoms with Crippen molar-refractivity contribution in [3.63, 3.8) is 0 Å². The van der Waals surface area contributed by atoms with Gasteiger partial charge in [0, 0.05) is 38.1 Å². The number of nitrogens with zero attached hydrogens (tertiary/aromatic N) is 1. The largest absolute Gasteiger partial charge is 0.479 e. The number of aryl methyl sites for hydroxylation is 1. The Kier molecular flexibility index (Phi) is 14.2. The number of carbonyl (C=O) groups is 6. The van der Waals surface area contributed by atoms with Crippen molar-refractivity contribution >= 4 is 41.3 Å². The van der Waals surface area contributed by atoms with Crippen LogP contribution in [0.3, 0.4) is 0 Å². The van der Waals surface area contributed by atoms with Crippen LogP contribution >= 0.6 is 0 Å². The molecule has 1 fully saturated rings. The maximum absolute atomic E-state index is 12.9. The van der Waals surface area contributed by atoms with Crippen LogP contribution in [-0.2, 0) is 44.7 Å². The number of unbranched alkanes of at least 4 members (excludes halogenated alkanes) is 2. The number of carboxylic acids is 1. The summed E-state index contributed by atoms with van der Waals surface area (Å²) in [4.78, 5) is 73.0. The van der Waals surface area contributed by atoms with Gasteiger partial charge >= 0.3 is 11.9 Å². The van der Waals surface area contributed by atoms with Crippen molar-refractivity contribution in [1.29, 1.82) is 0 Å². The lowest BCUT2D eigenvalue weighted by atomic mass is 9.97. The number of hydrogen-bond acceptors (Lipinski definition) is 12. The number of aliphatic carboxylic acids is 1. The van der Waals surface area contributed by atoms with E-state index in [4.69, 9.17) is 14.2 Å². The van der Waals surface area contributed by atoms with Crippen LogP contribution in [-0.4, -0.2) is 111 Å². The number of aliphatic hydroxyl groups is 3. The Hall–Kier alpha value is -4.38. The average molecular weight is 692 g/mol. The van der Waals surface area contributed by atoms with Gasteiger partial charge in [0.2, 0.25) is 18.1 Å². The summed E-state index contributed by atoms with van der Waals surface area (Å²) < 4.78 is 16.2. The summed E-state index contributed by atoms with van der Waals surface area (Å²) in [5.41, 5.74) is 0.178. The van der Waals surface area contributed by atoms with E-state index in [9.17, 15) is 49.2 Å². The fraction of sp³-hybridized carbons (Fsp3) is 0.576. The highest BCUT2D eigenvalue weighted by Gasteiger charge is 2.48. The van der Waals surface area contributed by atoms with Crippen molar-refractivity contribution in [2.24, 2.45) is 5.41 Å². The quantitative estimate of drug-likeness (QED) is 0.0738. The standard InChI is InChI=1S/C33H45N3O13/c1-33(2,3)32(46)47-17-7-8-19-10-11-21(48-31-28(43)26(41)27(42)29(49-31)30(44)45)20(18-19)35-23(38)14-15-34-22(37)9-5-4-6-16-36-24(39)12-13-25(36)40/h10-13,18,26-29,31,41-43H,4-9,14-17H2,1-3H3,(H,34,37)(H,35,38)(H,44,45)/t26-,27-,28+,29-,31+/m0/s1. The molecule has 1 aromatic rings. The van der Waals surface area contributed by atoms with Gasteiger partial charge in [-0.1, -0.05) is 12.5 Å². The molecule has 0 bridgehead atoms. The van der Waals surface area contributed by atoms with E-state index in [0.29, 0.717) is 37.7 Å². The molecule has 1 aromatic carbocycles. The number of rotatable bonds is 17. The van der Waals surface area contributed by atoms with E-state index in [-0.39, 0.29) is 67.7 Å². The number of hydrogen-bond donors (Lipinski definition) is 6. The first kappa shape index (κ1) is 39.1. The minimum absolute atomic E-state index is 0.0109. The molecule has 0 radical (unpaired) electrons. The maximum Gasteiger partial charge on any atom is 0.335 e. The molecule has 4 amide bonds. The minimum Gasteiger partial charge on any atom is -0.479 e. The lowest BCUT2D eigenvalue weighted by Crippen LogP contribution is -2.61. The molecule has 2 aliphatic heterocycles. The molecule has 5 atom stereocenters. The molecule has 2 heterocycles. The van der Waals surface area contributed by atoms with Gasteiger partial charge in [-0.25, -0.2) is 4.79 Å².